The number of rotatable bonds is 2. The van der Waals surface area contributed by atoms with Crippen molar-refractivity contribution in [2.45, 2.75) is 19.9 Å². The molecule has 0 aromatic carbocycles. The number of nitrogens with zero attached hydrogens (tertiary/aromatic N) is 2. The molecule has 1 atom stereocenters. The lowest BCUT2D eigenvalue weighted by molar-refractivity contribution is -0.127. The van der Waals surface area contributed by atoms with Crippen LogP contribution in [0.2, 0.25) is 0 Å². The molecule has 0 aliphatic carbocycles. The first kappa shape index (κ1) is 9.10. The van der Waals surface area contributed by atoms with Gasteiger partial charge in [0.1, 0.15) is 0 Å². The minimum Gasteiger partial charge on any atom is -0.323 e. The van der Waals surface area contributed by atoms with Crippen molar-refractivity contribution in [3.05, 3.63) is 0 Å². The van der Waals surface area contributed by atoms with Crippen LogP contribution in [-0.4, -0.2) is 30.2 Å². The first-order chi connectivity index (χ1) is 4.54. The van der Waals surface area contributed by atoms with Crippen LogP contribution in [0.4, 0.5) is 0 Å². The third-order valence-electron chi connectivity index (χ3n) is 0.931. The number of carbonyl (C=O) groups excluding carboxylic acids is 1. The molecule has 0 spiro atoms. The van der Waals surface area contributed by atoms with Crippen molar-refractivity contribution in [2.75, 3.05) is 7.05 Å². The minimum atomic E-state index is -0.109. The molecule has 0 aromatic rings. The Morgan fingerprint density at radius 1 is 1.80 bits per heavy atom. The molecule has 0 saturated carbocycles. The maximum absolute atomic E-state index is 10.5. The second kappa shape index (κ2) is 4.00. The summed E-state index contributed by atoms with van der Waals surface area (Å²) in [5.41, 5.74) is 5.35. The van der Waals surface area contributed by atoms with Crippen molar-refractivity contribution in [1.29, 1.82) is 0 Å². The van der Waals surface area contributed by atoms with E-state index in [-0.39, 0.29) is 11.9 Å². The van der Waals surface area contributed by atoms with Crippen LogP contribution in [0.5, 0.6) is 0 Å². The molecule has 1 unspecified atom stereocenters. The van der Waals surface area contributed by atoms with E-state index in [1.807, 2.05) is 0 Å². The van der Waals surface area contributed by atoms with Crippen molar-refractivity contribution >= 4 is 12.1 Å². The second-order valence-electron chi connectivity index (χ2n) is 2.17. The zero-order chi connectivity index (χ0) is 8.15. The summed E-state index contributed by atoms with van der Waals surface area (Å²) in [4.78, 5) is 10.5. The largest absolute Gasteiger partial charge is 0.323 e. The van der Waals surface area contributed by atoms with Gasteiger partial charge in [-0.1, -0.05) is 0 Å². The normalized spacial score (nSPS) is 13.6. The molecule has 0 aliphatic rings. The van der Waals surface area contributed by atoms with Crippen LogP contribution in [0, 0.1) is 0 Å². The molecular weight excluding hydrogens is 130 g/mol. The number of amides is 1. The van der Waals surface area contributed by atoms with E-state index in [0.29, 0.717) is 0 Å². The van der Waals surface area contributed by atoms with E-state index < -0.39 is 0 Å². The highest BCUT2D eigenvalue weighted by molar-refractivity contribution is 5.74. The van der Waals surface area contributed by atoms with E-state index in [9.17, 15) is 4.79 Å². The molecule has 0 radical (unpaired) electrons. The van der Waals surface area contributed by atoms with Crippen LogP contribution >= 0.6 is 0 Å². The van der Waals surface area contributed by atoms with Gasteiger partial charge in [0.15, 0.2) is 0 Å². The maximum atomic E-state index is 10.5. The van der Waals surface area contributed by atoms with Crippen LogP contribution in [0.25, 0.3) is 0 Å². The van der Waals surface area contributed by atoms with Crippen molar-refractivity contribution in [3.8, 4) is 0 Å². The third kappa shape index (κ3) is 4.03. The molecular formula is C6H13N3O. The molecule has 10 heavy (non-hydrogen) atoms. The Morgan fingerprint density at radius 3 is 2.60 bits per heavy atom. The smallest absolute Gasteiger partial charge is 0.239 e. The van der Waals surface area contributed by atoms with Crippen molar-refractivity contribution in [3.63, 3.8) is 0 Å². The summed E-state index contributed by atoms with van der Waals surface area (Å²) in [6.07, 6.45) is 1.52. The highest BCUT2D eigenvalue weighted by Crippen LogP contribution is 1.82. The summed E-state index contributed by atoms with van der Waals surface area (Å²) in [5, 5.41) is 5.00. The van der Waals surface area contributed by atoms with Gasteiger partial charge in [-0.3, -0.25) is 4.79 Å². The molecule has 58 valence electrons. The lowest BCUT2D eigenvalue weighted by Crippen LogP contribution is -2.22. The van der Waals surface area contributed by atoms with E-state index >= 15 is 0 Å². The van der Waals surface area contributed by atoms with Gasteiger partial charge in [0.25, 0.3) is 0 Å². The van der Waals surface area contributed by atoms with Gasteiger partial charge in [-0.15, -0.1) is 0 Å². The Hall–Kier alpha value is -0.900. The van der Waals surface area contributed by atoms with Crippen LogP contribution in [0.15, 0.2) is 5.10 Å². The van der Waals surface area contributed by atoms with Gasteiger partial charge in [0, 0.05) is 26.2 Å². The number of hydrogen-bond acceptors (Lipinski definition) is 3. The number of nitrogens with two attached hydrogens (primary N) is 1. The molecule has 0 rings (SSSR count). The fourth-order valence-corrected chi connectivity index (χ4v) is 0.286. The predicted octanol–water partition coefficient (Wildman–Crippen LogP) is -0.202. The maximum Gasteiger partial charge on any atom is 0.239 e. The number of hydrazone groups is 1. The minimum absolute atomic E-state index is 0.100. The quantitative estimate of drug-likeness (QED) is 0.430. The average Bonchev–Trinajstić information content (AvgIpc) is 1.82. The highest BCUT2D eigenvalue weighted by atomic mass is 16.2. The molecule has 4 nitrogen and oxygen atoms in total. The van der Waals surface area contributed by atoms with Gasteiger partial charge in [0.05, 0.1) is 0 Å². The van der Waals surface area contributed by atoms with Gasteiger partial charge < -0.3 is 5.73 Å². The Morgan fingerprint density at radius 2 is 2.30 bits per heavy atom. The predicted molar refractivity (Wildman–Crippen MR) is 40.6 cm³/mol. The van der Waals surface area contributed by atoms with Gasteiger partial charge in [0.2, 0.25) is 5.91 Å². The zero-order valence-electron chi connectivity index (χ0n) is 6.53. The topological polar surface area (TPSA) is 58.7 Å². The molecule has 1 amide bonds. The standard InChI is InChI=1S/C6H13N3O/c1-5(7)4-8-9(3)6(2)10/h4-5H,7H2,1-3H3. The summed E-state index contributed by atoms with van der Waals surface area (Å²) in [7, 11) is 1.58. The molecule has 0 heterocycles. The summed E-state index contributed by atoms with van der Waals surface area (Å²) in [6.45, 7) is 3.23. The zero-order valence-corrected chi connectivity index (χ0v) is 6.53. The summed E-state index contributed by atoms with van der Waals surface area (Å²) in [5.74, 6) is -0.100. The molecule has 0 aliphatic heterocycles. The van der Waals surface area contributed by atoms with Gasteiger partial charge in [-0.05, 0) is 6.92 Å². The summed E-state index contributed by atoms with van der Waals surface area (Å²) < 4.78 is 0. The molecule has 0 saturated heterocycles. The summed E-state index contributed by atoms with van der Waals surface area (Å²) in [6, 6.07) is -0.109. The van der Waals surface area contributed by atoms with Crippen LogP contribution in [0.1, 0.15) is 13.8 Å². The van der Waals surface area contributed by atoms with E-state index in [1.54, 1.807) is 14.0 Å². The van der Waals surface area contributed by atoms with Gasteiger partial charge in [-0.25, -0.2) is 5.01 Å². The fourth-order valence-electron chi connectivity index (χ4n) is 0.286. The van der Waals surface area contributed by atoms with E-state index in [1.165, 1.54) is 18.1 Å². The molecule has 0 aromatic heterocycles. The first-order valence-electron chi connectivity index (χ1n) is 3.08. The van der Waals surface area contributed by atoms with Crippen LogP contribution < -0.4 is 5.73 Å². The highest BCUT2D eigenvalue weighted by Gasteiger charge is 1.96. The Kier molecular flexibility index (Phi) is 3.64. The van der Waals surface area contributed by atoms with Crippen molar-refractivity contribution in [1.82, 2.24) is 5.01 Å². The van der Waals surface area contributed by atoms with E-state index in [0.717, 1.165) is 0 Å². The van der Waals surface area contributed by atoms with E-state index in [2.05, 4.69) is 5.10 Å². The fraction of sp³-hybridized carbons (Fsp3) is 0.667. The molecule has 4 heteroatoms. The van der Waals surface area contributed by atoms with Gasteiger partial charge in [-0.2, -0.15) is 5.10 Å². The molecule has 0 bridgehead atoms. The van der Waals surface area contributed by atoms with Crippen LogP contribution in [-0.2, 0) is 4.79 Å². The van der Waals surface area contributed by atoms with Gasteiger partial charge >= 0.3 is 0 Å². The Bertz CT molecular complexity index is 142. The SMILES string of the molecule is CC(=O)N(C)N=CC(C)N. The second-order valence-corrected chi connectivity index (χ2v) is 2.17. The molecule has 2 N–H and O–H groups in total. The van der Waals surface area contributed by atoms with Crippen molar-refractivity contribution in [2.24, 2.45) is 10.8 Å². The first-order valence-corrected chi connectivity index (χ1v) is 3.08. The lowest BCUT2D eigenvalue weighted by atomic mass is 10.4. The number of carbonyl (C=O) groups is 1. The average molecular weight is 143 g/mol. The lowest BCUT2D eigenvalue weighted by Gasteiger charge is -2.06. The number of hydrogen-bond donors (Lipinski definition) is 1. The Balaban J connectivity index is 3.77. The third-order valence-corrected chi connectivity index (χ3v) is 0.931. The van der Waals surface area contributed by atoms with Crippen molar-refractivity contribution < 1.29 is 4.79 Å². The molecule has 0 fully saturated rings. The van der Waals surface area contributed by atoms with Crippen LogP contribution in [0.3, 0.4) is 0 Å². The Labute approximate surface area is 60.7 Å². The summed E-state index contributed by atoms with van der Waals surface area (Å²) >= 11 is 0. The monoisotopic (exact) mass is 143 g/mol. The van der Waals surface area contributed by atoms with E-state index in [4.69, 9.17) is 5.73 Å².